The molecule has 0 atom stereocenters. The van der Waals surface area contributed by atoms with Crippen LogP contribution in [0.2, 0.25) is 0 Å². The summed E-state index contributed by atoms with van der Waals surface area (Å²) in [4.78, 5) is 13.0. The molecule has 0 aromatic carbocycles. The molecule has 0 aliphatic heterocycles. The minimum Gasteiger partial charge on any atom is -0.368 e. The van der Waals surface area contributed by atoms with E-state index in [4.69, 9.17) is 0 Å². The van der Waals surface area contributed by atoms with Gasteiger partial charge >= 0.3 is 0 Å². The van der Waals surface area contributed by atoms with Crippen molar-refractivity contribution in [3.8, 4) is 0 Å². The highest BCUT2D eigenvalue weighted by atomic mass is 79.9. The van der Waals surface area contributed by atoms with Crippen molar-refractivity contribution in [1.82, 2.24) is 19.5 Å². The first-order valence-corrected chi connectivity index (χ1v) is 6.99. The first-order chi connectivity index (χ1) is 8.95. The summed E-state index contributed by atoms with van der Waals surface area (Å²) >= 11 is 3.43. The molecular weight excluding hydrogens is 306 g/mol. The van der Waals surface area contributed by atoms with E-state index in [2.05, 4.69) is 57.0 Å². The molecule has 2 aromatic rings. The van der Waals surface area contributed by atoms with Gasteiger partial charge in [0.2, 0.25) is 0 Å². The third-order valence-electron chi connectivity index (χ3n) is 2.60. The SMILES string of the molecule is CC(C)(C)c1nc(Br)cc(NCCn2ccnc2)n1. The lowest BCUT2D eigenvalue weighted by molar-refractivity contribution is 0.544. The Hall–Kier alpha value is -1.43. The smallest absolute Gasteiger partial charge is 0.137 e. The van der Waals surface area contributed by atoms with E-state index in [-0.39, 0.29) is 5.41 Å². The van der Waals surface area contributed by atoms with E-state index in [1.807, 2.05) is 16.8 Å². The van der Waals surface area contributed by atoms with E-state index < -0.39 is 0 Å². The Balaban J connectivity index is 2.02. The van der Waals surface area contributed by atoms with Gasteiger partial charge in [0.15, 0.2) is 0 Å². The van der Waals surface area contributed by atoms with Crippen molar-refractivity contribution in [1.29, 1.82) is 0 Å². The van der Waals surface area contributed by atoms with Crippen molar-refractivity contribution < 1.29 is 0 Å². The predicted molar refractivity (Wildman–Crippen MR) is 79.1 cm³/mol. The molecule has 2 aromatic heterocycles. The van der Waals surface area contributed by atoms with Gasteiger partial charge in [0.1, 0.15) is 16.2 Å². The number of imidazole rings is 1. The van der Waals surface area contributed by atoms with Gasteiger partial charge < -0.3 is 9.88 Å². The van der Waals surface area contributed by atoms with Gasteiger partial charge in [0.05, 0.1) is 6.33 Å². The van der Waals surface area contributed by atoms with Crippen molar-refractivity contribution in [2.75, 3.05) is 11.9 Å². The lowest BCUT2D eigenvalue weighted by Gasteiger charge is -2.18. The van der Waals surface area contributed by atoms with Gasteiger partial charge in [-0.3, -0.25) is 0 Å². The van der Waals surface area contributed by atoms with E-state index in [1.54, 1.807) is 12.5 Å². The summed E-state index contributed by atoms with van der Waals surface area (Å²) in [6, 6.07) is 1.89. The fourth-order valence-electron chi connectivity index (χ4n) is 1.58. The van der Waals surface area contributed by atoms with E-state index in [1.165, 1.54) is 0 Å². The molecule has 0 saturated carbocycles. The van der Waals surface area contributed by atoms with Gasteiger partial charge in [0.25, 0.3) is 0 Å². The lowest BCUT2D eigenvalue weighted by Crippen LogP contribution is -2.18. The van der Waals surface area contributed by atoms with Gasteiger partial charge in [-0.2, -0.15) is 0 Å². The van der Waals surface area contributed by atoms with Gasteiger partial charge in [-0.1, -0.05) is 20.8 Å². The number of nitrogens with zero attached hydrogens (tertiary/aromatic N) is 4. The minimum atomic E-state index is -0.0649. The summed E-state index contributed by atoms with van der Waals surface area (Å²) in [6.45, 7) is 7.95. The number of halogens is 1. The predicted octanol–water partition coefficient (Wildman–Crippen LogP) is 2.85. The highest BCUT2D eigenvalue weighted by Gasteiger charge is 2.18. The van der Waals surface area contributed by atoms with E-state index in [0.717, 1.165) is 29.3 Å². The molecule has 0 spiro atoms. The van der Waals surface area contributed by atoms with Crippen LogP contribution in [0, 0.1) is 0 Å². The van der Waals surface area contributed by atoms with Crippen LogP contribution in [0.1, 0.15) is 26.6 Å². The molecule has 2 rings (SSSR count). The zero-order chi connectivity index (χ0) is 13.9. The van der Waals surface area contributed by atoms with Crippen molar-refractivity contribution in [3.63, 3.8) is 0 Å². The number of hydrogen-bond acceptors (Lipinski definition) is 4. The Labute approximate surface area is 121 Å². The van der Waals surface area contributed by atoms with Crippen LogP contribution < -0.4 is 5.32 Å². The van der Waals surface area contributed by atoms with Crippen LogP contribution in [0.4, 0.5) is 5.82 Å². The Bertz CT molecular complexity index is 530. The number of nitrogens with one attached hydrogen (secondary N) is 1. The Morgan fingerprint density at radius 3 is 2.74 bits per heavy atom. The number of hydrogen-bond donors (Lipinski definition) is 1. The van der Waals surface area contributed by atoms with Crippen molar-refractivity contribution in [3.05, 3.63) is 35.2 Å². The first-order valence-electron chi connectivity index (χ1n) is 6.20. The molecule has 5 nitrogen and oxygen atoms in total. The topological polar surface area (TPSA) is 55.6 Å². The fraction of sp³-hybridized carbons (Fsp3) is 0.462. The second-order valence-electron chi connectivity index (χ2n) is 5.38. The molecular formula is C13H18BrN5. The zero-order valence-corrected chi connectivity index (χ0v) is 13.0. The molecule has 0 fully saturated rings. The number of rotatable bonds is 4. The average molecular weight is 324 g/mol. The largest absolute Gasteiger partial charge is 0.368 e. The van der Waals surface area contributed by atoms with Crippen LogP contribution in [0.5, 0.6) is 0 Å². The lowest BCUT2D eigenvalue weighted by atomic mass is 9.96. The molecule has 0 bridgehead atoms. The number of anilines is 1. The summed E-state index contributed by atoms with van der Waals surface area (Å²) in [5.74, 6) is 1.67. The van der Waals surface area contributed by atoms with Crippen LogP contribution in [-0.4, -0.2) is 26.1 Å². The molecule has 0 saturated heterocycles. The minimum absolute atomic E-state index is 0.0649. The Kier molecular flexibility index (Phi) is 4.19. The van der Waals surface area contributed by atoms with Crippen LogP contribution in [0.25, 0.3) is 0 Å². The van der Waals surface area contributed by atoms with Gasteiger partial charge in [-0.15, -0.1) is 0 Å². The normalized spacial score (nSPS) is 11.6. The quantitative estimate of drug-likeness (QED) is 0.879. The van der Waals surface area contributed by atoms with Crippen molar-refractivity contribution >= 4 is 21.7 Å². The summed E-state index contributed by atoms with van der Waals surface area (Å²) in [5.41, 5.74) is -0.0649. The molecule has 102 valence electrons. The Morgan fingerprint density at radius 1 is 1.32 bits per heavy atom. The first kappa shape index (κ1) is 14.0. The van der Waals surface area contributed by atoms with Gasteiger partial charge in [0, 0.05) is 37.0 Å². The molecule has 0 amide bonds. The van der Waals surface area contributed by atoms with Crippen LogP contribution in [0.15, 0.2) is 29.4 Å². The van der Waals surface area contributed by atoms with Crippen molar-refractivity contribution in [2.45, 2.75) is 32.7 Å². The van der Waals surface area contributed by atoms with E-state index >= 15 is 0 Å². The molecule has 6 heteroatoms. The monoisotopic (exact) mass is 323 g/mol. The maximum absolute atomic E-state index is 4.55. The molecule has 0 aliphatic carbocycles. The molecule has 0 unspecified atom stereocenters. The molecule has 0 radical (unpaired) electrons. The van der Waals surface area contributed by atoms with Crippen LogP contribution >= 0.6 is 15.9 Å². The summed E-state index contributed by atoms with van der Waals surface area (Å²) < 4.78 is 2.83. The summed E-state index contributed by atoms with van der Waals surface area (Å²) in [6.07, 6.45) is 5.52. The second-order valence-corrected chi connectivity index (χ2v) is 6.19. The Morgan fingerprint density at radius 2 is 2.11 bits per heavy atom. The fourth-order valence-corrected chi connectivity index (χ4v) is 1.96. The third-order valence-corrected chi connectivity index (χ3v) is 3.01. The van der Waals surface area contributed by atoms with Crippen molar-refractivity contribution in [2.24, 2.45) is 0 Å². The highest BCUT2D eigenvalue weighted by molar-refractivity contribution is 9.10. The highest BCUT2D eigenvalue weighted by Crippen LogP contribution is 2.22. The van der Waals surface area contributed by atoms with E-state index in [9.17, 15) is 0 Å². The number of aromatic nitrogens is 4. The average Bonchev–Trinajstić information content (AvgIpc) is 2.80. The standard InChI is InChI=1S/C13H18BrN5/c1-13(2,3)12-17-10(14)8-11(18-12)16-5-7-19-6-4-15-9-19/h4,6,8-9H,5,7H2,1-3H3,(H,16,17,18). The molecule has 19 heavy (non-hydrogen) atoms. The summed E-state index contributed by atoms with van der Waals surface area (Å²) in [7, 11) is 0. The molecule has 1 N–H and O–H groups in total. The molecule has 0 aliphatic rings. The zero-order valence-electron chi connectivity index (χ0n) is 11.4. The second kappa shape index (κ2) is 5.69. The third kappa shape index (κ3) is 4.02. The van der Waals surface area contributed by atoms with E-state index in [0.29, 0.717) is 0 Å². The molecule has 2 heterocycles. The maximum atomic E-state index is 4.55. The van der Waals surface area contributed by atoms with Crippen LogP contribution in [0.3, 0.4) is 0 Å². The maximum Gasteiger partial charge on any atom is 0.137 e. The van der Waals surface area contributed by atoms with Crippen LogP contribution in [-0.2, 0) is 12.0 Å². The summed E-state index contributed by atoms with van der Waals surface area (Å²) in [5, 5.41) is 3.31. The van der Waals surface area contributed by atoms with Gasteiger partial charge in [-0.05, 0) is 15.9 Å². The van der Waals surface area contributed by atoms with Gasteiger partial charge in [-0.25, -0.2) is 15.0 Å².